The van der Waals surface area contributed by atoms with Crippen LogP contribution in [-0.4, -0.2) is 25.3 Å². The van der Waals surface area contributed by atoms with Crippen LogP contribution in [0.2, 0.25) is 0 Å². The van der Waals surface area contributed by atoms with E-state index in [-0.39, 0.29) is 5.60 Å². The van der Waals surface area contributed by atoms with E-state index in [1.807, 2.05) is 0 Å². The van der Waals surface area contributed by atoms with Crippen molar-refractivity contribution in [3.05, 3.63) is 0 Å². The van der Waals surface area contributed by atoms with Crippen LogP contribution in [-0.2, 0) is 4.74 Å². The molecule has 78 valence electrons. The van der Waals surface area contributed by atoms with Gasteiger partial charge in [0, 0.05) is 6.54 Å². The highest BCUT2D eigenvalue weighted by molar-refractivity contribution is 4.69. The lowest BCUT2D eigenvalue weighted by Crippen LogP contribution is -2.28. The van der Waals surface area contributed by atoms with Gasteiger partial charge in [-0.2, -0.15) is 0 Å². The van der Waals surface area contributed by atoms with Crippen molar-refractivity contribution in [2.75, 3.05) is 19.7 Å². The lowest BCUT2D eigenvalue weighted by molar-refractivity contribution is -0.0225. The molecule has 1 aliphatic heterocycles. The topological polar surface area (TPSA) is 21.3 Å². The van der Waals surface area contributed by atoms with E-state index in [2.05, 4.69) is 26.1 Å². The van der Waals surface area contributed by atoms with E-state index in [1.165, 1.54) is 25.8 Å². The SMILES string of the molecule is CC(C)(C)OCC1CCCCNC1. The summed E-state index contributed by atoms with van der Waals surface area (Å²) in [6.07, 6.45) is 4.00. The van der Waals surface area contributed by atoms with E-state index in [9.17, 15) is 0 Å². The molecule has 0 aromatic heterocycles. The third-order valence-corrected chi connectivity index (χ3v) is 2.40. The lowest BCUT2D eigenvalue weighted by atomic mass is 10.0. The van der Waals surface area contributed by atoms with E-state index in [1.54, 1.807) is 0 Å². The summed E-state index contributed by atoms with van der Waals surface area (Å²) < 4.78 is 5.78. The molecule has 0 bridgehead atoms. The van der Waals surface area contributed by atoms with Crippen molar-refractivity contribution >= 4 is 0 Å². The van der Waals surface area contributed by atoms with Crippen molar-refractivity contribution in [3.63, 3.8) is 0 Å². The van der Waals surface area contributed by atoms with Crippen LogP contribution < -0.4 is 5.32 Å². The van der Waals surface area contributed by atoms with E-state index >= 15 is 0 Å². The zero-order valence-corrected chi connectivity index (χ0v) is 9.23. The Bertz CT molecular complexity index is 132. The molecule has 0 aromatic carbocycles. The lowest BCUT2D eigenvalue weighted by Gasteiger charge is -2.23. The second kappa shape index (κ2) is 4.97. The fourth-order valence-electron chi connectivity index (χ4n) is 1.60. The molecule has 0 saturated carbocycles. The molecule has 1 saturated heterocycles. The third-order valence-electron chi connectivity index (χ3n) is 2.40. The van der Waals surface area contributed by atoms with E-state index in [0.29, 0.717) is 0 Å². The quantitative estimate of drug-likeness (QED) is 0.712. The fraction of sp³-hybridized carbons (Fsp3) is 1.00. The molecule has 0 spiro atoms. The molecular formula is C11H23NO. The molecule has 1 unspecified atom stereocenters. The Kier molecular flexibility index (Phi) is 4.20. The van der Waals surface area contributed by atoms with Crippen LogP contribution in [0, 0.1) is 5.92 Å². The third kappa shape index (κ3) is 5.27. The zero-order chi connectivity index (χ0) is 9.73. The van der Waals surface area contributed by atoms with E-state index in [4.69, 9.17) is 4.74 Å². The van der Waals surface area contributed by atoms with Gasteiger partial charge < -0.3 is 10.1 Å². The highest BCUT2D eigenvalue weighted by Gasteiger charge is 2.16. The molecule has 1 aliphatic rings. The predicted octanol–water partition coefficient (Wildman–Crippen LogP) is 2.19. The predicted molar refractivity (Wildman–Crippen MR) is 55.9 cm³/mol. The van der Waals surface area contributed by atoms with Crippen LogP contribution in [0.5, 0.6) is 0 Å². The second-order valence-corrected chi connectivity index (χ2v) is 4.99. The van der Waals surface area contributed by atoms with Crippen LogP contribution in [0.4, 0.5) is 0 Å². The van der Waals surface area contributed by atoms with Crippen molar-refractivity contribution in [2.24, 2.45) is 5.92 Å². The minimum atomic E-state index is 0.0201. The number of rotatable bonds is 2. The summed E-state index contributed by atoms with van der Waals surface area (Å²) in [6.45, 7) is 9.60. The largest absolute Gasteiger partial charge is 0.376 e. The molecule has 1 rings (SSSR count). The molecule has 0 aliphatic carbocycles. The Labute approximate surface area is 82.0 Å². The summed E-state index contributed by atoms with van der Waals surface area (Å²) >= 11 is 0. The molecule has 1 atom stereocenters. The van der Waals surface area contributed by atoms with Crippen molar-refractivity contribution in [1.29, 1.82) is 0 Å². The zero-order valence-electron chi connectivity index (χ0n) is 9.23. The summed E-state index contributed by atoms with van der Waals surface area (Å²) in [6, 6.07) is 0. The molecule has 0 radical (unpaired) electrons. The van der Waals surface area contributed by atoms with Gasteiger partial charge in [-0.25, -0.2) is 0 Å². The Morgan fingerprint density at radius 1 is 1.31 bits per heavy atom. The van der Waals surface area contributed by atoms with Crippen LogP contribution in [0.25, 0.3) is 0 Å². The number of hydrogen-bond acceptors (Lipinski definition) is 2. The highest BCUT2D eigenvalue weighted by Crippen LogP contribution is 2.15. The number of ether oxygens (including phenoxy) is 1. The maximum atomic E-state index is 5.78. The minimum Gasteiger partial charge on any atom is -0.376 e. The minimum absolute atomic E-state index is 0.0201. The van der Waals surface area contributed by atoms with E-state index in [0.717, 1.165) is 19.1 Å². The summed E-state index contributed by atoms with van der Waals surface area (Å²) in [4.78, 5) is 0. The van der Waals surface area contributed by atoms with Crippen molar-refractivity contribution in [2.45, 2.75) is 45.6 Å². The first kappa shape index (κ1) is 11.0. The van der Waals surface area contributed by atoms with Crippen LogP contribution in [0.15, 0.2) is 0 Å². The van der Waals surface area contributed by atoms with Gasteiger partial charge in [-0.15, -0.1) is 0 Å². The molecule has 2 heteroatoms. The van der Waals surface area contributed by atoms with Crippen molar-refractivity contribution < 1.29 is 4.74 Å². The van der Waals surface area contributed by atoms with Crippen molar-refractivity contribution in [1.82, 2.24) is 5.32 Å². The van der Waals surface area contributed by atoms with Crippen molar-refractivity contribution in [3.8, 4) is 0 Å². The summed E-state index contributed by atoms with van der Waals surface area (Å²) in [5, 5.41) is 3.45. The Morgan fingerprint density at radius 2 is 2.08 bits per heavy atom. The molecule has 1 N–H and O–H groups in total. The van der Waals surface area contributed by atoms with Gasteiger partial charge in [0.15, 0.2) is 0 Å². The van der Waals surface area contributed by atoms with Gasteiger partial charge in [0.1, 0.15) is 0 Å². The Morgan fingerprint density at radius 3 is 2.77 bits per heavy atom. The first-order chi connectivity index (χ1) is 6.08. The maximum absolute atomic E-state index is 5.78. The first-order valence-electron chi connectivity index (χ1n) is 5.42. The van der Waals surface area contributed by atoms with Crippen LogP contribution >= 0.6 is 0 Å². The van der Waals surface area contributed by atoms with Gasteiger partial charge in [0.05, 0.1) is 12.2 Å². The fourth-order valence-corrected chi connectivity index (χ4v) is 1.60. The van der Waals surface area contributed by atoms with Gasteiger partial charge in [0.25, 0.3) is 0 Å². The number of nitrogens with one attached hydrogen (secondary N) is 1. The van der Waals surface area contributed by atoms with Gasteiger partial charge in [-0.1, -0.05) is 6.42 Å². The monoisotopic (exact) mass is 185 g/mol. The molecule has 0 amide bonds. The summed E-state index contributed by atoms with van der Waals surface area (Å²) in [5.41, 5.74) is 0.0201. The Balaban J connectivity index is 2.19. The molecule has 2 nitrogen and oxygen atoms in total. The molecule has 1 fully saturated rings. The average Bonchev–Trinajstić information content (AvgIpc) is 2.26. The normalized spacial score (nSPS) is 25.6. The average molecular weight is 185 g/mol. The highest BCUT2D eigenvalue weighted by atomic mass is 16.5. The second-order valence-electron chi connectivity index (χ2n) is 4.99. The van der Waals surface area contributed by atoms with Crippen LogP contribution in [0.1, 0.15) is 40.0 Å². The Hall–Kier alpha value is -0.0800. The molecule has 13 heavy (non-hydrogen) atoms. The summed E-state index contributed by atoms with van der Waals surface area (Å²) in [5.74, 6) is 0.724. The summed E-state index contributed by atoms with van der Waals surface area (Å²) in [7, 11) is 0. The van der Waals surface area contributed by atoms with Gasteiger partial charge in [0.2, 0.25) is 0 Å². The number of hydrogen-bond donors (Lipinski definition) is 1. The molecule has 0 aromatic rings. The first-order valence-corrected chi connectivity index (χ1v) is 5.42. The van der Waals surface area contributed by atoms with Crippen LogP contribution in [0.3, 0.4) is 0 Å². The van der Waals surface area contributed by atoms with Gasteiger partial charge >= 0.3 is 0 Å². The standard InChI is InChI=1S/C11H23NO/c1-11(2,3)13-9-10-6-4-5-7-12-8-10/h10,12H,4-9H2,1-3H3. The smallest absolute Gasteiger partial charge is 0.0598 e. The maximum Gasteiger partial charge on any atom is 0.0598 e. The van der Waals surface area contributed by atoms with Gasteiger partial charge in [-0.05, 0) is 46.1 Å². The van der Waals surface area contributed by atoms with Gasteiger partial charge in [-0.3, -0.25) is 0 Å². The molecule has 1 heterocycles. The van der Waals surface area contributed by atoms with E-state index < -0.39 is 0 Å². The molecular weight excluding hydrogens is 162 g/mol.